The van der Waals surface area contributed by atoms with E-state index in [-0.39, 0.29) is 11.4 Å². The van der Waals surface area contributed by atoms with E-state index in [1.807, 2.05) is 11.9 Å². The summed E-state index contributed by atoms with van der Waals surface area (Å²) >= 11 is 5.27. The Kier molecular flexibility index (Phi) is 5.36. The highest BCUT2D eigenvalue weighted by Gasteiger charge is 2.45. The van der Waals surface area contributed by atoms with Crippen molar-refractivity contribution >= 4 is 23.1 Å². The fourth-order valence-corrected chi connectivity index (χ4v) is 3.02. The highest BCUT2D eigenvalue weighted by Crippen LogP contribution is 2.38. The van der Waals surface area contributed by atoms with E-state index < -0.39 is 5.41 Å². The Morgan fingerprint density at radius 1 is 1.26 bits per heavy atom. The third-order valence-electron chi connectivity index (χ3n) is 4.92. The van der Waals surface area contributed by atoms with Crippen LogP contribution in [0.2, 0.25) is 0 Å². The smallest absolute Gasteiger partial charge is 0.235 e. The zero-order chi connectivity index (χ0) is 14.7. The molecular formula is C15H28N2OS. The molecule has 1 amide bonds. The molecule has 0 unspecified atom stereocenters. The van der Waals surface area contributed by atoms with Crippen molar-refractivity contribution in [1.82, 2.24) is 4.90 Å². The van der Waals surface area contributed by atoms with Crippen molar-refractivity contribution in [1.29, 1.82) is 0 Å². The van der Waals surface area contributed by atoms with Gasteiger partial charge in [0.1, 0.15) is 0 Å². The zero-order valence-corrected chi connectivity index (χ0v) is 13.6. The van der Waals surface area contributed by atoms with Crippen molar-refractivity contribution in [2.45, 2.75) is 71.3 Å². The normalized spacial score (nSPS) is 19.6. The van der Waals surface area contributed by atoms with Gasteiger partial charge in [-0.25, -0.2) is 0 Å². The minimum Gasteiger partial charge on any atom is -0.392 e. The van der Waals surface area contributed by atoms with Crippen molar-refractivity contribution in [2.75, 3.05) is 7.05 Å². The van der Waals surface area contributed by atoms with Gasteiger partial charge in [0, 0.05) is 12.6 Å². The molecule has 1 fully saturated rings. The summed E-state index contributed by atoms with van der Waals surface area (Å²) in [7, 11) is 1.89. The molecule has 1 rings (SSSR count). The fraction of sp³-hybridized carbons (Fsp3) is 0.867. The first-order chi connectivity index (χ1) is 8.78. The Labute approximate surface area is 122 Å². The van der Waals surface area contributed by atoms with Crippen molar-refractivity contribution in [2.24, 2.45) is 11.1 Å². The Morgan fingerprint density at radius 3 is 2.11 bits per heavy atom. The number of carbonyl (C=O) groups excluding carboxylic acids is 1. The molecule has 0 aromatic carbocycles. The van der Waals surface area contributed by atoms with Gasteiger partial charge in [0.05, 0.1) is 10.4 Å². The second kappa shape index (κ2) is 6.21. The summed E-state index contributed by atoms with van der Waals surface area (Å²) in [4.78, 5) is 15.2. The summed E-state index contributed by atoms with van der Waals surface area (Å²) in [5.74, 6) is 0.119. The average Bonchev–Trinajstić information content (AvgIpc) is 2.63. The SMILES string of the molecule is CCC(C)(C)N(C)C(=O)C1(C(N)=S)CCCCCC1. The molecule has 4 heteroatoms. The third-order valence-corrected chi connectivity index (χ3v) is 5.31. The standard InChI is InChI=1S/C15H28N2OS/c1-5-14(2,3)17(4)13(18)15(12(16)19)10-8-6-7-9-11-15/h5-11H2,1-4H3,(H2,16,19). The highest BCUT2D eigenvalue weighted by molar-refractivity contribution is 7.80. The molecule has 0 aromatic rings. The summed E-state index contributed by atoms with van der Waals surface area (Å²) in [6.45, 7) is 6.29. The quantitative estimate of drug-likeness (QED) is 0.636. The zero-order valence-electron chi connectivity index (χ0n) is 12.8. The van der Waals surface area contributed by atoms with Crippen molar-refractivity contribution in [3.63, 3.8) is 0 Å². The molecule has 0 aromatic heterocycles. The number of thiocarbonyl (C=S) groups is 1. The van der Waals surface area contributed by atoms with Gasteiger partial charge in [0.25, 0.3) is 0 Å². The van der Waals surface area contributed by atoms with E-state index in [9.17, 15) is 4.79 Å². The maximum absolute atomic E-state index is 13.0. The molecule has 0 saturated heterocycles. The molecular weight excluding hydrogens is 256 g/mol. The Balaban J connectivity index is 3.05. The predicted molar refractivity (Wildman–Crippen MR) is 84.1 cm³/mol. The molecule has 0 atom stereocenters. The van der Waals surface area contributed by atoms with Crippen LogP contribution in [0.25, 0.3) is 0 Å². The number of rotatable bonds is 4. The van der Waals surface area contributed by atoms with Crippen LogP contribution < -0.4 is 5.73 Å². The van der Waals surface area contributed by atoms with Gasteiger partial charge in [-0.15, -0.1) is 0 Å². The molecule has 0 bridgehead atoms. The summed E-state index contributed by atoms with van der Waals surface area (Å²) in [5.41, 5.74) is 5.22. The molecule has 0 spiro atoms. The second-order valence-electron chi connectivity index (χ2n) is 6.39. The monoisotopic (exact) mass is 284 g/mol. The molecule has 2 N–H and O–H groups in total. The lowest BCUT2D eigenvalue weighted by Crippen LogP contribution is -2.55. The lowest BCUT2D eigenvalue weighted by atomic mass is 9.77. The van der Waals surface area contributed by atoms with Crippen LogP contribution in [0.3, 0.4) is 0 Å². The van der Waals surface area contributed by atoms with Crippen molar-refractivity contribution < 1.29 is 4.79 Å². The van der Waals surface area contributed by atoms with Gasteiger partial charge in [-0.2, -0.15) is 0 Å². The largest absolute Gasteiger partial charge is 0.392 e. The van der Waals surface area contributed by atoms with E-state index >= 15 is 0 Å². The van der Waals surface area contributed by atoms with Crippen molar-refractivity contribution in [3.8, 4) is 0 Å². The van der Waals surface area contributed by atoms with E-state index in [2.05, 4.69) is 20.8 Å². The lowest BCUT2D eigenvalue weighted by molar-refractivity contribution is -0.142. The van der Waals surface area contributed by atoms with Gasteiger partial charge in [-0.1, -0.05) is 44.8 Å². The van der Waals surface area contributed by atoms with Gasteiger partial charge in [0.15, 0.2) is 0 Å². The number of nitrogens with two attached hydrogens (primary N) is 1. The van der Waals surface area contributed by atoms with E-state index in [1.54, 1.807) is 0 Å². The number of amides is 1. The van der Waals surface area contributed by atoms with Crippen molar-refractivity contribution in [3.05, 3.63) is 0 Å². The van der Waals surface area contributed by atoms with Crippen LogP contribution in [0.1, 0.15) is 65.7 Å². The van der Waals surface area contributed by atoms with Crippen LogP contribution in [-0.4, -0.2) is 28.4 Å². The van der Waals surface area contributed by atoms with Crippen LogP contribution in [0.15, 0.2) is 0 Å². The van der Waals surface area contributed by atoms with Crippen LogP contribution in [-0.2, 0) is 4.79 Å². The maximum Gasteiger partial charge on any atom is 0.235 e. The van der Waals surface area contributed by atoms with Gasteiger partial charge >= 0.3 is 0 Å². The molecule has 0 aliphatic heterocycles. The fourth-order valence-electron chi connectivity index (χ4n) is 2.73. The number of hydrogen-bond donors (Lipinski definition) is 1. The number of nitrogens with zero attached hydrogens (tertiary/aromatic N) is 1. The van der Waals surface area contributed by atoms with Gasteiger partial charge in [-0.05, 0) is 33.1 Å². The molecule has 1 aliphatic rings. The van der Waals surface area contributed by atoms with E-state index in [0.29, 0.717) is 4.99 Å². The number of carbonyl (C=O) groups is 1. The minimum absolute atomic E-state index is 0.119. The molecule has 1 saturated carbocycles. The molecule has 3 nitrogen and oxygen atoms in total. The van der Waals surface area contributed by atoms with E-state index in [1.165, 1.54) is 12.8 Å². The predicted octanol–water partition coefficient (Wildman–Crippen LogP) is 3.26. The van der Waals surface area contributed by atoms with Crippen LogP contribution >= 0.6 is 12.2 Å². The number of hydrogen-bond acceptors (Lipinski definition) is 2. The molecule has 0 heterocycles. The summed E-state index contributed by atoms with van der Waals surface area (Å²) in [5, 5.41) is 0. The van der Waals surface area contributed by atoms with Gasteiger partial charge in [-0.3, -0.25) is 4.79 Å². The maximum atomic E-state index is 13.0. The summed E-state index contributed by atoms with van der Waals surface area (Å²) in [6, 6.07) is 0. The minimum atomic E-state index is -0.604. The first-order valence-corrected chi connectivity index (χ1v) is 7.77. The first-order valence-electron chi connectivity index (χ1n) is 7.36. The van der Waals surface area contributed by atoms with E-state index in [0.717, 1.165) is 32.1 Å². The van der Waals surface area contributed by atoms with Crippen LogP contribution in [0.5, 0.6) is 0 Å². The van der Waals surface area contributed by atoms with E-state index in [4.69, 9.17) is 18.0 Å². The van der Waals surface area contributed by atoms with Crippen LogP contribution in [0.4, 0.5) is 0 Å². The van der Waals surface area contributed by atoms with Gasteiger partial charge < -0.3 is 10.6 Å². The molecule has 1 aliphatic carbocycles. The topological polar surface area (TPSA) is 46.3 Å². The Hall–Kier alpha value is -0.640. The average molecular weight is 284 g/mol. The van der Waals surface area contributed by atoms with Gasteiger partial charge in [0.2, 0.25) is 5.91 Å². The lowest BCUT2D eigenvalue weighted by Gasteiger charge is -2.42. The molecule has 0 radical (unpaired) electrons. The first kappa shape index (κ1) is 16.4. The Morgan fingerprint density at radius 2 is 1.74 bits per heavy atom. The second-order valence-corrected chi connectivity index (χ2v) is 6.83. The summed E-state index contributed by atoms with van der Waals surface area (Å²) < 4.78 is 0. The summed E-state index contributed by atoms with van der Waals surface area (Å²) in [6.07, 6.45) is 6.99. The Bertz CT molecular complexity index is 344. The molecule has 110 valence electrons. The molecule has 19 heavy (non-hydrogen) atoms. The van der Waals surface area contributed by atoms with Crippen LogP contribution in [0, 0.1) is 5.41 Å². The highest BCUT2D eigenvalue weighted by atomic mass is 32.1. The third kappa shape index (κ3) is 3.28.